The van der Waals surface area contributed by atoms with Crippen LogP contribution >= 0.6 is 0 Å². The first-order valence-corrected chi connectivity index (χ1v) is 7.18. The Bertz CT molecular complexity index is 331. The molecular formula is C14H25NO4. The van der Waals surface area contributed by atoms with E-state index in [-0.39, 0.29) is 0 Å². The van der Waals surface area contributed by atoms with Crippen LogP contribution < -0.4 is 5.73 Å². The summed E-state index contributed by atoms with van der Waals surface area (Å²) in [6.07, 6.45) is 7.15. The predicted octanol–water partition coefficient (Wildman–Crippen LogP) is 2.24. The molecule has 5 heteroatoms. The lowest BCUT2D eigenvalue weighted by molar-refractivity contribution is -0.145. The number of aliphatic carboxylic acids is 2. The smallest absolute Gasteiger partial charge is 0.323 e. The molecule has 0 aromatic heterocycles. The molecule has 110 valence electrons. The molecule has 1 saturated carbocycles. The fourth-order valence-corrected chi connectivity index (χ4v) is 2.69. The largest absolute Gasteiger partial charge is 0.481 e. The topological polar surface area (TPSA) is 101 Å². The number of unbranched alkanes of at least 4 members (excludes halogenated alkanes) is 5. The molecule has 0 bridgehead atoms. The quantitative estimate of drug-likeness (QED) is 0.529. The highest BCUT2D eigenvalue weighted by Crippen LogP contribution is 2.47. The summed E-state index contributed by atoms with van der Waals surface area (Å²) in [6.45, 7) is 2.15. The van der Waals surface area contributed by atoms with Gasteiger partial charge in [0.25, 0.3) is 0 Å². The third-order valence-corrected chi connectivity index (χ3v) is 4.11. The standard InChI is InChI=1S/C14H25NO4/c1-2-3-4-5-6-7-8-14(15,13(18)19)11-9-10(11)12(16)17/h10-11H,2-9,15H2,1H3,(H,16,17)(H,18,19)/t10-,11-,14?/m0/s1. The van der Waals surface area contributed by atoms with E-state index < -0.39 is 29.3 Å². The van der Waals surface area contributed by atoms with Crippen molar-refractivity contribution in [2.45, 2.75) is 63.8 Å². The highest BCUT2D eigenvalue weighted by molar-refractivity contribution is 5.83. The Morgan fingerprint density at radius 1 is 1.16 bits per heavy atom. The molecule has 19 heavy (non-hydrogen) atoms. The molecule has 5 nitrogen and oxygen atoms in total. The van der Waals surface area contributed by atoms with E-state index in [1.165, 1.54) is 19.3 Å². The van der Waals surface area contributed by atoms with Crippen LogP contribution in [0.5, 0.6) is 0 Å². The lowest BCUT2D eigenvalue weighted by atomic mass is 9.87. The molecule has 0 saturated heterocycles. The maximum atomic E-state index is 11.3. The van der Waals surface area contributed by atoms with Gasteiger partial charge in [0.1, 0.15) is 5.54 Å². The van der Waals surface area contributed by atoms with Crippen molar-refractivity contribution in [3.05, 3.63) is 0 Å². The maximum Gasteiger partial charge on any atom is 0.323 e. The normalized spacial score (nSPS) is 24.7. The number of hydrogen-bond acceptors (Lipinski definition) is 3. The molecule has 0 aliphatic heterocycles. The van der Waals surface area contributed by atoms with Crippen molar-refractivity contribution in [3.63, 3.8) is 0 Å². The molecule has 0 aromatic rings. The zero-order chi connectivity index (χ0) is 14.5. The molecule has 1 aliphatic rings. The van der Waals surface area contributed by atoms with Gasteiger partial charge in [-0.2, -0.15) is 0 Å². The van der Waals surface area contributed by atoms with E-state index >= 15 is 0 Å². The van der Waals surface area contributed by atoms with Gasteiger partial charge in [0, 0.05) is 5.92 Å². The minimum absolute atomic E-state index is 0.378. The van der Waals surface area contributed by atoms with Crippen LogP contribution in [0.3, 0.4) is 0 Å². The summed E-state index contributed by atoms with van der Waals surface area (Å²) in [5.41, 5.74) is 4.60. The third kappa shape index (κ3) is 4.20. The predicted molar refractivity (Wildman–Crippen MR) is 71.8 cm³/mol. The zero-order valence-corrected chi connectivity index (χ0v) is 11.6. The van der Waals surface area contributed by atoms with Crippen molar-refractivity contribution >= 4 is 11.9 Å². The van der Waals surface area contributed by atoms with Crippen LogP contribution in [0.2, 0.25) is 0 Å². The van der Waals surface area contributed by atoms with Crippen molar-refractivity contribution in [2.75, 3.05) is 0 Å². The summed E-state index contributed by atoms with van der Waals surface area (Å²) in [5, 5.41) is 18.2. The van der Waals surface area contributed by atoms with Gasteiger partial charge in [0.15, 0.2) is 0 Å². The minimum atomic E-state index is -1.35. The number of carbonyl (C=O) groups is 2. The average Bonchev–Trinajstić information content (AvgIpc) is 3.13. The summed E-state index contributed by atoms with van der Waals surface area (Å²) in [6, 6.07) is 0. The highest BCUT2D eigenvalue weighted by Gasteiger charge is 2.57. The van der Waals surface area contributed by atoms with Crippen LogP contribution in [0.15, 0.2) is 0 Å². The van der Waals surface area contributed by atoms with Crippen molar-refractivity contribution in [1.29, 1.82) is 0 Å². The average molecular weight is 271 g/mol. The van der Waals surface area contributed by atoms with Crippen molar-refractivity contribution in [2.24, 2.45) is 17.6 Å². The Morgan fingerprint density at radius 3 is 2.21 bits per heavy atom. The summed E-state index contributed by atoms with van der Waals surface area (Å²) in [5.74, 6) is -2.96. The molecule has 0 amide bonds. The maximum absolute atomic E-state index is 11.3. The van der Waals surface area contributed by atoms with Crippen LogP contribution in [0, 0.1) is 11.8 Å². The molecule has 0 heterocycles. The second kappa shape index (κ2) is 6.89. The summed E-state index contributed by atoms with van der Waals surface area (Å²) >= 11 is 0. The Kier molecular flexibility index (Phi) is 5.79. The van der Waals surface area contributed by atoms with E-state index in [2.05, 4.69) is 6.92 Å². The molecule has 3 atom stereocenters. The van der Waals surface area contributed by atoms with Gasteiger partial charge >= 0.3 is 11.9 Å². The molecule has 0 radical (unpaired) electrons. The Labute approximate surface area is 114 Å². The van der Waals surface area contributed by atoms with E-state index in [1.807, 2.05) is 0 Å². The molecule has 1 fully saturated rings. The van der Waals surface area contributed by atoms with Crippen LogP contribution in [0.25, 0.3) is 0 Å². The van der Waals surface area contributed by atoms with Crippen LogP contribution in [-0.2, 0) is 9.59 Å². The third-order valence-electron chi connectivity index (χ3n) is 4.11. The van der Waals surface area contributed by atoms with Crippen LogP contribution in [0.4, 0.5) is 0 Å². The number of carboxylic acid groups (broad SMARTS) is 2. The van der Waals surface area contributed by atoms with Gasteiger partial charge < -0.3 is 15.9 Å². The number of rotatable bonds is 10. The van der Waals surface area contributed by atoms with E-state index in [9.17, 15) is 14.7 Å². The van der Waals surface area contributed by atoms with Crippen molar-refractivity contribution < 1.29 is 19.8 Å². The Hall–Kier alpha value is -1.10. The van der Waals surface area contributed by atoms with Gasteiger partial charge in [0.2, 0.25) is 0 Å². The first kappa shape index (κ1) is 16.0. The van der Waals surface area contributed by atoms with E-state index in [1.54, 1.807) is 0 Å². The number of hydrogen-bond donors (Lipinski definition) is 3. The molecule has 4 N–H and O–H groups in total. The first-order valence-electron chi connectivity index (χ1n) is 7.18. The number of nitrogens with two attached hydrogens (primary N) is 1. The fourth-order valence-electron chi connectivity index (χ4n) is 2.69. The van der Waals surface area contributed by atoms with Gasteiger partial charge in [-0.05, 0) is 12.8 Å². The summed E-state index contributed by atoms with van der Waals surface area (Å²) in [4.78, 5) is 22.2. The monoisotopic (exact) mass is 271 g/mol. The summed E-state index contributed by atoms with van der Waals surface area (Å²) < 4.78 is 0. The molecular weight excluding hydrogens is 246 g/mol. The lowest BCUT2D eigenvalue weighted by Gasteiger charge is -2.24. The molecule has 1 unspecified atom stereocenters. The van der Waals surface area contributed by atoms with Crippen LogP contribution in [0.1, 0.15) is 58.3 Å². The second-order valence-corrected chi connectivity index (χ2v) is 5.65. The Balaban J connectivity index is 2.37. The van der Waals surface area contributed by atoms with Gasteiger partial charge in [-0.25, -0.2) is 0 Å². The zero-order valence-electron chi connectivity index (χ0n) is 11.6. The fraction of sp³-hybridized carbons (Fsp3) is 0.857. The van der Waals surface area contributed by atoms with Gasteiger partial charge in [0.05, 0.1) is 5.92 Å². The first-order chi connectivity index (χ1) is 8.93. The molecule has 1 aliphatic carbocycles. The van der Waals surface area contributed by atoms with Gasteiger partial charge in [-0.3, -0.25) is 9.59 Å². The number of carboxylic acids is 2. The highest BCUT2D eigenvalue weighted by atomic mass is 16.4. The van der Waals surface area contributed by atoms with E-state index in [4.69, 9.17) is 10.8 Å². The van der Waals surface area contributed by atoms with Crippen molar-refractivity contribution in [3.8, 4) is 0 Å². The van der Waals surface area contributed by atoms with E-state index in [0.717, 1.165) is 19.3 Å². The lowest BCUT2D eigenvalue weighted by Crippen LogP contribution is -2.51. The molecule has 0 spiro atoms. The minimum Gasteiger partial charge on any atom is -0.481 e. The SMILES string of the molecule is CCCCCCCCC(N)(C(=O)O)[C@H]1C[C@@H]1C(=O)O. The second-order valence-electron chi connectivity index (χ2n) is 5.65. The van der Waals surface area contributed by atoms with E-state index in [0.29, 0.717) is 12.8 Å². The van der Waals surface area contributed by atoms with Gasteiger partial charge in [-0.15, -0.1) is 0 Å². The summed E-state index contributed by atoms with van der Waals surface area (Å²) in [7, 11) is 0. The molecule has 0 aromatic carbocycles. The van der Waals surface area contributed by atoms with Gasteiger partial charge in [-0.1, -0.05) is 45.4 Å². The molecule has 1 rings (SSSR count). The van der Waals surface area contributed by atoms with Crippen LogP contribution in [-0.4, -0.2) is 27.7 Å². The Morgan fingerprint density at radius 2 is 1.74 bits per heavy atom. The van der Waals surface area contributed by atoms with Crippen molar-refractivity contribution in [1.82, 2.24) is 0 Å².